The lowest BCUT2D eigenvalue weighted by Crippen LogP contribution is -2.33. The largest absolute Gasteiger partial charge is 0.488 e. The number of aliphatic hydroxyl groups excluding tert-OH is 1. The van der Waals surface area contributed by atoms with Crippen LogP contribution in [0.15, 0.2) is 18.2 Å². The van der Waals surface area contributed by atoms with E-state index in [1.54, 1.807) is 0 Å². The Balaban J connectivity index is 2.45. The third-order valence-corrected chi connectivity index (χ3v) is 2.34. The maximum absolute atomic E-state index is 13.2. The third kappa shape index (κ3) is 4.28. The average Bonchev–Trinajstić information content (AvgIpc) is 2.31. The van der Waals surface area contributed by atoms with Crippen LogP contribution in [-0.2, 0) is 0 Å². The summed E-state index contributed by atoms with van der Waals surface area (Å²) in [5.41, 5.74) is 0. The fourth-order valence-corrected chi connectivity index (χ4v) is 1.47. The zero-order valence-electron chi connectivity index (χ0n) is 9.75. The summed E-state index contributed by atoms with van der Waals surface area (Å²) in [6.45, 7) is 2.76. The second-order valence-electron chi connectivity index (χ2n) is 3.63. The molecule has 1 atom stereocenters. The second kappa shape index (κ2) is 7.19. The Hall–Kier alpha value is -1.20. The van der Waals surface area contributed by atoms with Crippen molar-refractivity contribution in [2.45, 2.75) is 19.4 Å². The zero-order chi connectivity index (χ0) is 12.7. The van der Waals surface area contributed by atoms with Gasteiger partial charge in [0.2, 0.25) is 0 Å². The molecule has 0 aliphatic rings. The molecule has 1 rings (SSSR count). The number of rotatable bonds is 7. The Bertz CT molecular complexity index is 327. The highest BCUT2D eigenvalue weighted by molar-refractivity contribution is 5.25. The van der Waals surface area contributed by atoms with Gasteiger partial charge < -0.3 is 15.2 Å². The first-order valence-electron chi connectivity index (χ1n) is 5.60. The van der Waals surface area contributed by atoms with Crippen molar-refractivity contribution in [3.63, 3.8) is 0 Å². The number of nitrogens with one attached hydrogen (secondary N) is 1. The van der Waals surface area contributed by atoms with Gasteiger partial charge in [0.05, 0.1) is 13.2 Å². The lowest BCUT2D eigenvalue weighted by Gasteiger charge is -2.15. The number of aliphatic hydroxyl groups is 1. The smallest absolute Gasteiger partial charge is 0.190 e. The van der Waals surface area contributed by atoms with Gasteiger partial charge in [-0.05, 0) is 25.1 Å². The highest BCUT2D eigenvalue weighted by Gasteiger charge is 2.11. The maximum Gasteiger partial charge on any atom is 0.190 e. The van der Waals surface area contributed by atoms with Crippen molar-refractivity contribution in [3.8, 4) is 5.75 Å². The van der Waals surface area contributed by atoms with Crippen molar-refractivity contribution in [1.82, 2.24) is 5.32 Å². The fraction of sp³-hybridized carbons (Fsp3) is 0.500. The SMILES string of the molecule is CCNC(CO)CCOc1c(F)cccc1F. The molecule has 17 heavy (non-hydrogen) atoms. The summed E-state index contributed by atoms with van der Waals surface area (Å²) < 4.78 is 31.4. The summed E-state index contributed by atoms with van der Waals surface area (Å²) in [5.74, 6) is -1.79. The van der Waals surface area contributed by atoms with Gasteiger partial charge in [-0.25, -0.2) is 8.78 Å². The topological polar surface area (TPSA) is 41.5 Å². The summed E-state index contributed by atoms with van der Waals surface area (Å²) in [4.78, 5) is 0. The number of benzene rings is 1. The van der Waals surface area contributed by atoms with Gasteiger partial charge in [-0.2, -0.15) is 0 Å². The molecule has 0 aliphatic carbocycles. The Kier molecular flexibility index (Phi) is 5.86. The van der Waals surface area contributed by atoms with E-state index in [9.17, 15) is 8.78 Å². The molecule has 0 aliphatic heterocycles. The molecule has 5 heteroatoms. The number of hydrogen-bond acceptors (Lipinski definition) is 3. The van der Waals surface area contributed by atoms with Crippen LogP contribution in [0.4, 0.5) is 8.78 Å². The molecule has 96 valence electrons. The standard InChI is InChI=1S/C12H17F2NO2/c1-2-15-9(8-16)6-7-17-12-10(13)4-3-5-11(12)14/h3-5,9,15-16H,2,6-8H2,1H3. The quantitative estimate of drug-likeness (QED) is 0.768. The normalized spacial score (nSPS) is 12.5. The molecule has 0 saturated heterocycles. The van der Waals surface area contributed by atoms with Crippen LogP contribution in [0.1, 0.15) is 13.3 Å². The van der Waals surface area contributed by atoms with E-state index in [4.69, 9.17) is 9.84 Å². The van der Waals surface area contributed by atoms with Crippen LogP contribution >= 0.6 is 0 Å². The van der Waals surface area contributed by atoms with E-state index >= 15 is 0 Å². The van der Waals surface area contributed by atoms with Gasteiger partial charge in [-0.1, -0.05) is 13.0 Å². The van der Waals surface area contributed by atoms with Crippen LogP contribution in [0, 0.1) is 11.6 Å². The molecule has 0 spiro atoms. The molecule has 1 aromatic rings. The fourth-order valence-electron chi connectivity index (χ4n) is 1.47. The van der Waals surface area contributed by atoms with E-state index in [0.29, 0.717) is 6.42 Å². The predicted octanol–water partition coefficient (Wildman–Crippen LogP) is 1.70. The van der Waals surface area contributed by atoms with Crippen LogP contribution in [0.25, 0.3) is 0 Å². The molecular weight excluding hydrogens is 228 g/mol. The average molecular weight is 245 g/mol. The van der Waals surface area contributed by atoms with Crippen LogP contribution in [-0.4, -0.2) is 30.9 Å². The van der Waals surface area contributed by atoms with E-state index < -0.39 is 11.6 Å². The minimum absolute atomic E-state index is 0.0308. The summed E-state index contributed by atoms with van der Waals surface area (Å²) in [7, 11) is 0. The maximum atomic E-state index is 13.2. The second-order valence-corrected chi connectivity index (χ2v) is 3.63. The first kappa shape index (κ1) is 13.9. The molecule has 2 N–H and O–H groups in total. The summed E-state index contributed by atoms with van der Waals surface area (Å²) in [5, 5.41) is 12.0. The van der Waals surface area contributed by atoms with Gasteiger partial charge in [0, 0.05) is 6.04 Å². The van der Waals surface area contributed by atoms with Crippen molar-refractivity contribution in [2.24, 2.45) is 0 Å². The Labute approximate surface area is 99.4 Å². The highest BCUT2D eigenvalue weighted by Crippen LogP contribution is 2.20. The minimum Gasteiger partial charge on any atom is -0.488 e. The van der Waals surface area contributed by atoms with Gasteiger partial charge in [0.1, 0.15) is 0 Å². The van der Waals surface area contributed by atoms with E-state index in [0.717, 1.165) is 18.7 Å². The molecule has 0 fully saturated rings. The molecule has 0 saturated carbocycles. The van der Waals surface area contributed by atoms with Crippen molar-refractivity contribution >= 4 is 0 Å². The van der Waals surface area contributed by atoms with Crippen LogP contribution in [0.2, 0.25) is 0 Å². The first-order chi connectivity index (χ1) is 8.19. The van der Waals surface area contributed by atoms with Crippen LogP contribution in [0.5, 0.6) is 5.75 Å². The summed E-state index contributed by atoms with van der Waals surface area (Å²) in [6, 6.07) is 3.46. The lowest BCUT2D eigenvalue weighted by atomic mass is 10.2. The molecule has 0 heterocycles. The van der Waals surface area contributed by atoms with Crippen LogP contribution in [0.3, 0.4) is 0 Å². The van der Waals surface area contributed by atoms with E-state index in [2.05, 4.69) is 5.32 Å². The first-order valence-corrected chi connectivity index (χ1v) is 5.60. The molecule has 0 amide bonds. The number of halogens is 2. The molecule has 1 aromatic carbocycles. The Morgan fingerprint density at radius 3 is 2.53 bits per heavy atom. The van der Waals surface area contributed by atoms with Gasteiger partial charge >= 0.3 is 0 Å². The van der Waals surface area contributed by atoms with E-state index in [1.807, 2.05) is 6.92 Å². The molecule has 0 bridgehead atoms. The molecular formula is C12H17F2NO2. The van der Waals surface area contributed by atoms with Crippen molar-refractivity contribution in [2.75, 3.05) is 19.8 Å². The molecule has 1 unspecified atom stereocenters. The van der Waals surface area contributed by atoms with Gasteiger partial charge in [0.25, 0.3) is 0 Å². The van der Waals surface area contributed by atoms with E-state index in [1.165, 1.54) is 6.07 Å². The molecule has 3 nitrogen and oxygen atoms in total. The highest BCUT2D eigenvalue weighted by atomic mass is 19.1. The number of para-hydroxylation sites is 1. The van der Waals surface area contributed by atoms with Crippen molar-refractivity contribution in [1.29, 1.82) is 0 Å². The monoisotopic (exact) mass is 245 g/mol. The lowest BCUT2D eigenvalue weighted by molar-refractivity contribution is 0.204. The van der Waals surface area contributed by atoms with Crippen LogP contribution < -0.4 is 10.1 Å². The molecule has 0 aromatic heterocycles. The number of hydrogen-bond donors (Lipinski definition) is 2. The minimum atomic E-state index is -0.714. The summed E-state index contributed by atoms with van der Waals surface area (Å²) in [6.07, 6.45) is 0.484. The van der Waals surface area contributed by atoms with Gasteiger partial charge in [-0.15, -0.1) is 0 Å². The Morgan fingerprint density at radius 2 is 2.00 bits per heavy atom. The number of likely N-dealkylation sites (N-methyl/N-ethyl adjacent to an activating group) is 1. The van der Waals surface area contributed by atoms with Crippen molar-refractivity contribution < 1.29 is 18.6 Å². The summed E-state index contributed by atoms with van der Waals surface area (Å²) >= 11 is 0. The number of ether oxygens (including phenoxy) is 1. The predicted molar refractivity (Wildman–Crippen MR) is 61.0 cm³/mol. The van der Waals surface area contributed by atoms with Gasteiger partial charge in [-0.3, -0.25) is 0 Å². The molecule has 0 radical (unpaired) electrons. The Morgan fingerprint density at radius 1 is 1.35 bits per heavy atom. The van der Waals surface area contributed by atoms with Crippen molar-refractivity contribution in [3.05, 3.63) is 29.8 Å². The van der Waals surface area contributed by atoms with Gasteiger partial charge in [0.15, 0.2) is 17.4 Å². The zero-order valence-corrected chi connectivity index (χ0v) is 9.75. The third-order valence-electron chi connectivity index (χ3n) is 2.34. The van der Waals surface area contributed by atoms with E-state index in [-0.39, 0.29) is 25.0 Å².